The van der Waals surface area contributed by atoms with Crippen molar-refractivity contribution >= 4 is 5.91 Å². The van der Waals surface area contributed by atoms with Gasteiger partial charge < -0.3 is 10.6 Å². The van der Waals surface area contributed by atoms with Gasteiger partial charge in [-0.1, -0.05) is 0 Å². The Balaban J connectivity index is 1.97. The zero-order valence-corrected chi connectivity index (χ0v) is 11.3. The topological polar surface area (TPSA) is 41.1 Å². The zero-order chi connectivity index (χ0) is 15.5. The van der Waals surface area contributed by atoms with Gasteiger partial charge in [-0.15, -0.1) is 0 Å². The van der Waals surface area contributed by atoms with Crippen molar-refractivity contribution in [2.24, 2.45) is 5.92 Å². The Morgan fingerprint density at radius 2 is 2.14 bits per heavy atom. The SMILES string of the molecule is O=C(NCCC1CCNC1)c1cc(C(F)(F)F)ccc1F. The molecule has 0 saturated carbocycles. The van der Waals surface area contributed by atoms with Crippen molar-refractivity contribution in [2.45, 2.75) is 19.0 Å². The molecule has 1 fully saturated rings. The van der Waals surface area contributed by atoms with E-state index in [1.165, 1.54) is 0 Å². The Kier molecular flexibility index (Phi) is 4.82. The van der Waals surface area contributed by atoms with Crippen LogP contribution in [-0.4, -0.2) is 25.5 Å². The quantitative estimate of drug-likeness (QED) is 0.840. The summed E-state index contributed by atoms with van der Waals surface area (Å²) in [5.74, 6) is -1.33. The van der Waals surface area contributed by atoms with Crippen molar-refractivity contribution in [1.82, 2.24) is 10.6 Å². The molecule has 2 rings (SSSR count). The van der Waals surface area contributed by atoms with Crippen LogP contribution in [0.15, 0.2) is 18.2 Å². The molecule has 1 heterocycles. The molecule has 0 bridgehead atoms. The van der Waals surface area contributed by atoms with Crippen molar-refractivity contribution in [3.63, 3.8) is 0 Å². The summed E-state index contributed by atoms with van der Waals surface area (Å²) in [5.41, 5.74) is -1.61. The van der Waals surface area contributed by atoms with E-state index in [1.54, 1.807) is 0 Å². The van der Waals surface area contributed by atoms with Crippen LogP contribution in [-0.2, 0) is 6.18 Å². The molecule has 116 valence electrons. The lowest BCUT2D eigenvalue weighted by Crippen LogP contribution is -2.27. The lowest BCUT2D eigenvalue weighted by atomic mass is 10.0. The van der Waals surface area contributed by atoms with Gasteiger partial charge in [0.15, 0.2) is 0 Å². The van der Waals surface area contributed by atoms with Crippen LogP contribution in [0.25, 0.3) is 0 Å². The summed E-state index contributed by atoms with van der Waals surface area (Å²) < 4.78 is 51.2. The highest BCUT2D eigenvalue weighted by atomic mass is 19.4. The fraction of sp³-hybridized carbons (Fsp3) is 0.500. The molecule has 21 heavy (non-hydrogen) atoms. The molecule has 7 heteroatoms. The first-order valence-electron chi connectivity index (χ1n) is 6.73. The molecule has 0 spiro atoms. The van der Waals surface area contributed by atoms with Crippen molar-refractivity contribution in [2.75, 3.05) is 19.6 Å². The summed E-state index contributed by atoms with van der Waals surface area (Å²) in [5, 5.41) is 5.65. The zero-order valence-electron chi connectivity index (χ0n) is 11.3. The number of rotatable bonds is 4. The van der Waals surface area contributed by atoms with Crippen molar-refractivity contribution in [1.29, 1.82) is 0 Å². The van der Waals surface area contributed by atoms with Gasteiger partial charge in [0, 0.05) is 6.54 Å². The molecule has 3 nitrogen and oxygen atoms in total. The molecule has 1 atom stereocenters. The first kappa shape index (κ1) is 15.8. The predicted molar refractivity (Wildman–Crippen MR) is 69.3 cm³/mol. The molecule has 0 aromatic heterocycles. The van der Waals surface area contributed by atoms with Crippen LogP contribution < -0.4 is 10.6 Å². The lowest BCUT2D eigenvalue weighted by Gasteiger charge is -2.11. The van der Waals surface area contributed by atoms with Gasteiger partial charge in [-0.3, -0.25) is 4.79 Å². The number of alkyl halides is 3. The Hall–Kier alpha value is -1.63. The van der Waals surface area contributed by atoms with Crippen LogP contribution in [0.3, 0.4) is 0 Å². The highest BCUT2D eigenvalue weighted by molar-refractivity contribution is 5.94. The number of amides is 1. The van der Waals surface area contributed by atoms with Crippen molar-refractivity contribution < 1.29 is 22.4 Å². The minimum absolute atomic E-state index is 0.320. The van der Waals surface area contributed by atoms with Crippen molar-refractivity contribution in [3.05, 3.63) is 35.1 Å². The summed E-state index contributed by atoms with van der Waals surface area (Å²) in [6, 6.07) is 1.83. The van der Waals surface area contributed by atoms with Crippen LogP contribution in [0, 0.1) is 11.7 Å². The maximum atomic E-state index is 13.5. The Morgan fingerprint density at radius 1 is 1.38 bits per heavy atom. The van der Waals surface area contributed by atoms with Crippen molar-refractivity contribution in [3.8, 4) is 0 Å². The van der Waals surface area contributed by atoms with E-state index < -0.39 is 29.0 Å². The number of carbonyl (C=O) groups is 1. The third-order valence-corrected chi connectivity index (χ3v) is 3.54. The van der Waals surface area contributed by atoms with Gasteiger partial charge >= 0.3 is 6.18 Å². The van der Waals surface area contributed by atoms with Crippen LogP contribution in [0.1, 0.15) is 28.8 Å². The molecular weight excluding hydrogens is 288 g/mol. The number of hydrogen-bond acceptors (Lipinski definition) is 2. The largest absolute Gasteiger partial charge is 0.416 e. The average Bonchev–Trinajstić information content (AvgIpc) is 2.91. The third kappa shape index (κ3) is 4.17. The van der Waals surface area contributed by atoms with Gasteiger partial charge in [-0.05, 0) is 50.0 Å². The van der Waals surface area contributed by atoms with Gasteiger partial charge in [0.25, 0.3) is 5.91 Å². The van der Waals surface area contributed by atoms with E-state index in [0.717, 1.165) is 25.9 Å². The molecule has 1 saturated heterocycles. The molecule has 1 aromatic carbocycles. The van der Waals surface area contributed by atoms with E-state index in [0.29, 0.717) is 30.7 Å². The van der Waals surface area contributed by atoms with E-state index >= 15 is 0 Å². The monoisotopic (exact) mass is 304 g/mol. The summed E-state index contributed by atoms with van der Waals surface area (Å²) in [6.07, 6.45) is -2.87. The minimum Gasteiger partial charge on any atom is -0.352 e. The normalized spacial score (nSPS) is 18.8. The van der Waals surface area contributed by atoms with Gasteiger partial charge in [0.1, 0.15) is 5.82 Å². The van der Waals surface area contributed by atoms with Crippen LogP contribution >= 0.6 is 0 Å². The second-order valence-electron chi connectivity index (χ2n) is 5.10. The molecule has 1 amide bonds. The summed E-state index contributed by atoms with van der Waals surface area (Å²) >= 11 is 0. The number of halogens is 4. The molecule has 2 N–H and O–H groups in total. The van der Waals surface area contributed by atoms with E-state index in [1.807, 2.05) is 0 Å². The second kappa shape index (κ2) is 6.43. The highest BCUT2D eigenvalue weighted by Crippen LogP contribution is 2.30. The summed E-state index contributed by atoms with van der Waals surface area (Å²) in [4.78, 5) is 11.8. The van der Waals surface area contributed by atoms with E-state index in [4.69, 9.17) is 0 Å². The second-order valence-corrected chi connectivity index (χ2v) is 5.10. The Labute approximate surface area is 119 Å². The van der Waals surface area contributed by atoms with Gasteiger partial charge in [-0.25, -0.2) is 4.39 Å². The summed E-state index contributed by atoms with van der Waals surface area (Å²) in [6.45, 7) is 2.12. The first-order valence-corrected chi connectivity index (χ1v) is 6.73. The highest BCUT2D eigenvalue weighted by Gasteiger charge is 2.31. The van der Waals surface area contributed by atoms with E-state index in [-0.39, 0.29) is 0 Å². The predicted octanol–water partition coefficient (Wildman–Crippen LogP) is 2.57. The van der Waals surface area contributed by atoms with Gasteiger partial charge in [-0.2, -0.15) is 13.2 Å². The fourth-order valence-corrected chi connectivity index (χ4v) is 2.32. The van der Waals surface area contributed by atoms with Gasteiger partial charge in [0.2, 0.25) is 0 Å². The molecule has 0 radical (unpaired) electrons. The lowest BCUT2D eigenvalue weighted by molar-refractivity contribution is -0.137. The number of nitrogens with one attached hydrogen (secondary N) is 2. The van der Waals surface area contributed by atoms with Crippen LogP contribution in [0.2, 0.25) is 0 Å². The standard InChI is InChI=1S/C14H16F4N2O/c15-12-2-1-10(14(16,17)18)7-11(12)13(21)20-6-4-9-3-5-19-8-9/h1-2,7,9,19H,3-6,8H2,(H,20,21). The maximum Gasteiger partial charge on any atom is 0.416 e. The summed E-state index contributed by atoms with van der Waals surface area (Å²) in [7, 11) is 0. The van der Waals surface area contributed by atoms with E-state index in [2.05, 4.69) is 10.6 Å². The first-order chi connectivity index (χ1) is 9.88. The number of benzene rings is 1. The molecule has 1 unspecified atom stereocenters. The Bertz CT molecular complexity index is 510. The number of carbonyl (C=O) groups excluding carboxylic acids is 1. The molecular formula is C14H16F4N2O. The molecule has 1 aromatic rings. The Morgan fingerprint density at radius 3 is 2.76 bits per heavy atom. The third-order valence-electron chi connectivity index (χ3n) is 3.54. The van der Waals surface area contributed by atoms with Crippen LogP contribution in [0.4, 0.5) is 17.6 Å². The molecule has 1 aliphatic heterocycles. The average molecular weight is 304 g/mol. The smallest absolute Gasteiger partial charge is 0.352 e. The molecule has 0 aliphatic carbocycles. The van der Waals surface area contributed by atoms with Gasteiger partial charge in [0.05, 0.1) is 11.1 Å². The fourth-order valence-electron chi connectivity index (χ4n) is 2.32. The maximum absolute atomic E-state index is 13.5. The van der Waals surface area contributed by atoms with Crippen LogP contribution in [0.5, 0.6) is 0 Å². The minimum atomic E-state index is -4.60. The number of hydrogen-bond donors (Lipinski definition) is 2. The van der Waals surface area contributed by atoms with E-state index in [9.17, 15) is 22.4 Å². The molecule has 1 aliphatic rings.